The van der Waals surface area contributed by atoms with E-state index in [0.717, 1.165) is 30.8 Å². The van der Waals surface area contributed by atoms with E-state index in [1.807, 2.05) is 0 Å². The molecule has 2 aliphatic rings. The Morgan fingerprint density at radius 1 is 0.839 bits per heavy atom. The number of nitrogens with zero attached hydrogens (tertiary/aromatic N) is 2. The molecule has 2 heterocycles. The first kappa shape index (κ1) is 22.0. The fourth-order valence-electron chi connectivity index (χ4n) is 3.46. The first-order valence-electron chi connectivity index (χ1n) is 9.37. The Hall–Kier alpha value is -2.25. The minimum Gasteiger partial charge on any atom is -0.350 e. The predicted molar refractivity (Wildman–Crippen MR) is 122 cm³/mol. The zero-order valence-electron chi connectivity index (χ0n) is 15.9. The summed E-state index contributed by atoms with van der Waals surface area (Å²) in [5.74, 6) is -1.46. The molecule has 0 atom stereocenters. The molecule has 0 spiro atoms. The Bertz CT molecular complexity index is 1130. The van der Waals surface area contributed by atoms with Gasteiger partial charge in [-0.2, -0.15) is 0 Å². The highest BCUT2D eigenvalue weighted by atomic mass is 35.5. The molecule has 4 rings (SSSR count). The van der Waals surface area contributed by atoms with Crippen molar-refractivity contribution in [2.45, 2.75) is 12.8 Å². The van der Waals surface area contributed by atoms with E-state index in [0.29, 0.717) is 11.3 Å². The molecule has 3 amide bonds. The van der Waals surface area contributed by atoms with Gasteiger partial charge in [0.1, 0.15) is 10.7 Å². The number of hydrogen-bond donors (Lipinski definition) is 1. The van der Waals surface area contributed by atoms with Crippen LogP contribution < -0.4 is 10.2 Å². The van der Waals surface area contributed by atoms with Gasteiger partial charge < -0.3 is 10.2 Å². The quantitative estimate of drug-likeness (QED) is 0.457. The summed E-state index contributed by atoms with van der Waals surface area (Å²) < 4.78 is 0. The molecule has 10 heteroatoms. The van der Waals surface area contributed by atoms with Gasteiger partial charge in [0.2, 0.25) is 0 Å². The van der Waals surface area contributed by atoms with Crippen molar-refractivity contribution in [3.63, 3.8) is 0 Å². The van der Waals surface area contributed by atoms with Crippen molar-refractivity contribution < 1.29 is 14.4 Å². The normalized spacial score (nSPS) is 16.5. The lowest BCUT2D eigenvalue weighted by molar-refractivity contribution is -0.120. The summed E-state index contributed by atoms with van der Waals surface area (Å²) in [6.45, 7) is 1.51. The number of benzene rings is 2. The Morgan fingerprint density at radius 2 is 1.45 bits per heavy atom. The van der Waals surface area contributed by atoms with Crippen molar-refractivity contribution in [1.29, 1.82) is 0 Å². The second-order valence-electron chi connectivity index (χ2n) is 7.05. The molecule has 2 aromatic carbocycles. The van der Waals surface area contributed by atoms with E-state index >= 15 is 0 Å². The fraction of sp³-hybridized carbons (Fsp3) is 0.190. The molecule has 31 heavy (non-hydrogen) atoms. The molecule has 2 aliphatic heterocycles. The minimum atomic E-state index is -0.740. The average Bonchev–Trinajstić information content (AvgIpc) is 3.35. The number of carbonyl (C=O) groups excluding carboxylic acids is 3. The third kappa shape index (κ3) is 4.13. The molecule has 1 saturated heterocycles. The minimum absolute atomic E-state index is 0.0335. The first-order valence-corrected chi connectivity index (χ1v) is 10.9. The molecule has 0 radical (unpaired) electrons. The third-order valence-corrected chi connectivity index (χ3v) is 6.43. The van der Waals surface area contributed by atoms with E-state index in [2.05, 4.69) is 5.32 Å². The average molecular weight is 499 g/mol. The second-order valence-corrected chi connectivity index (χ2v) is 8.65. The number of nitrogens with one attached hydrogen (secondary N) is 1. The van der Waals surface area contributed by atoms with E-state index in [-0.39, 0.29) is 37.4 Å². The van der Waals surface area contributed by atoms with Gasteiger partial charge in [0.05, 0.1) is 20.8 Å². The van der Waals surface area contributed by atoms with Crippen LogP contribution in [0.3, 0.4) is 0 Å². The van der Waals surface area contributed by atoms with Crippen LogP contribution in [-0.2, 0) is 9.59 Å². The summed E-state index contributed by atoms with van der Waals surface area (Å²) in [6.07, 6.45) is 2.01. The molecule has 0 unspecified atom stereocenters. The summed E-state index contributed by atoms with van der Waals surface area (Å²) in [6, 6.07) is 9.28. The smallest absolute Gasteiger partial charge is 0.283 e. The molecule has 0 aromatic heterocycles. The molecule has 6 nitrogen and oxygen atoms in total. The van der Waals surface area contributed by atoms with Gasteiger partial charge in [-0.3, -0.25) is 14.4 Å². The van der Waals surface area contributed by atoms with Gasteiger partial charge in [0.25, 0.3) is 17.7 Å². The number of rotatable bonds is 4. The maximum absolute atomic E-state index is 12.9. The summed E-state index contributed by atoms with van der Waals surface area (Å²) in [4.78, 5) is 40.7. The number of likely N-dealkylation sites (tertiary alicyclic amines) is 1. The number of amides is 3. The second kappa shape index (κ2) is 8.71. The van der Waals surface area contributed by atoms with Crippen molar-refractivity contribution in [3.8, 4) is 0 Å². The van der Waals surface area contributed by atoms with Crippen LogP contribution in [0.2, 0.25) is 15.1 Å². The number of imide groups is 1. The number of hydrogen-bond acceptors (Lipinski definition) is 4. The Kier molecular flexibility index (Phi) is 6.17. The van der Waals surface area contributed by atoms with E-state index in [1.165, 1.54) is 12.1 Å². The van der Waals surface area contributed by atoms with Gasteiger partial charge >= 0.3 is 0 Å². The Morgan fingerprint density at radius 3 is 2.10 bits per heavy atom. The summed E-state index contributed by atoms with van der Waals surface area (Å²) in [5, 5.41) is 2.98. The van der Waals surface area contributed by atoms with E-state index < -0.39 is 11.8 Å². The van der Waals surface area contributed by atoms with Crippen LogP contribution >= 0.6 is 46.4 Å². The maximum atomic E-state index is 12.9. The molecular formula is C21H15Cl4N3O3. The monoisotopic (exact) mass is 497 g/mol. The molecule has 2 aromatic rings. The highest BCUT2D eigenvalue weighted by Gasteiger charge is 2.40. The van der Waals surface area contributed by atoms with E-state index in [1.54, 1.807) is 29.2 Å². The van der Waals surface area contributed by atoms with Crippen molar-refractivity contribution in [3.05, 3.63) is 67.8 Å². The fourth-order valence-corrected chi connectivity index (χ4v) is 4.30. The van der Waals surface area contributed by atoms with Crippen molar-refractivity contribution in [2.24, 2.45) is 0 Å². The van der Waals surface area contributed by atoms with Gasteiger partial charge in [0.15, 0.2) is 0 Å². The Balaban J connectivity index is 1.55. The van der Waals surface area contributed by atoms with Gasteiger partial charge in [-0.15, -0.1) is 0 Å². The number of carbonyl (C=O) groups is 3. The molecule has 1 fully saturated rings. The summed E-state index contributed by atoms with van der Waals surface area (Å²) >= 11 is 24.3. The zero-order valence-corrected chi connectivity index (χ0v) is 18.9. The van der Waals surface area contributed by atoms with Crippen LogP contribution in [0.4, 0.5) is 11.4 Å². The van der Waals surface area contributed by atoms with Crippen LogP contribution in [0, 0.1) is 0 Å². The third-order valence-electron chi connectivity index (χ3n) is 5.05. The summed E-state index contributed by atoms with van der Waals surface area (Å²) in [5.41, 5.74) is 1.01. The zero-order chi connectivity index (χ0) is 22.3. The lowest BCUT2D eigenvalue weighted by Crippen LogP contribution is -2.32. The largest absolute Gasteiger partial charge is 0.350 e. The van der Waals surface area contributed by atoms with Gasteiger partial charge in [-0.1, -0.05) is 46.4 Å². The number of halogens is 4. The van der Waals surface area contributed by atoms with Gasteiger partial charge in [-0.25, -0.2) is 4.90 Å². The van der Waals surface area contributed by atoms with Crippen molar-refractivity contribution in [2.75, 3.05) is 23.3 Å². The van der Waals surface area contributed by atoms with E-state index in [4.69, 9.17) is 46.4 Å². The molecule has 0 aliphatic carbocycles. The SMILES string of the molecule is O=C(c1ccc(NC2=C(Cl)C(=O)N(c3cc(Cl)c(Cl)cc3Cl)C2=O)cc1)N1CCCC1. The van der Waals surface area contributed by atoms with E-state index in [9.17, 15) is 14.4 Å². The topological polar surface area (TPSA) is 69.7 Å². The predicted octanol–water partition coefficient (Wildman–Crippen LogP) is 5.32. The number of anilines is 2. The van der Waals surface area contributed by atoms with Crippen LogP contribution in [0.1, 0.15) is 23.2 Å². The van der Waals surface area contributed by atoms with Crippen LogP contribution in [-0.4, -0.2) is 35.7 Å². The molecule has 160 valence electrons. The van der Waals surface area contributed by atoms with Crippen LogP contribution in [0.15, 0.2) is 47.1 Å². The highest BCUT2D eigenvalue weighted by molar-refractivity contribution is 6.54. The molecule has 1 N–H and O–H groups in total. The first-order chi connectivity index (χ1) is 14.8. The van der Waals surface area contributed by atoms with Crippen LogP contribution in [0.25, 0.3) is 0 Å². The highest BCUT2D eigenvalue weighted by Crippen LogP contribution is 2.38. The van der Waals surface area contributed by atoms with Crippen molar-refractivity contribution >= 4 is 75.5 Å². The lowest BCUT2D eigenvalue weighted by atomic mass is 10.2. The lowest BCUT2D eigenvalue weighted by Gasteiger charge is -2.17. The summed E-state index contributed by atoms with van der Waals surface area (Å²) in [7, 11) is 0. The van der Waals surface area contributed by atoms with Crippen LogP contribution in [0.5, 0.6) is 0 Å². The maximum Gasteiger partial charge on any atom is 0.283 e. The molecule has 0 saturated carbocycles. The Labute approximate surface area is 198 Å². The van der Waals surface area contributed by atoms with Gasteiger partial charge in [0, 0.05) is 24.3 Å². The van der Waals surface area contributed by atoms with Gasteiger partial charge in [-0.05, 0) is 49.2 Å². The molecular weight excluding hydrogens is 484 g/mol. The standard InChI is InChI=1S/C21H15Cl4N3O3/c22-13-9-15(24)16(10-14(13)23)28-20(30)17(25)18(21(28)31)26-12-5-3-11(4-6-12)19(29)27-7-1-2-8-27/h3-6,9-10,26H,1-2,7-8H2. The van der Waals surface area contributed by atoms with Crippen molar-refractivity contribution in [1.82, 2.24) is 4.90 Å². The molecule has 0 bridgehead atoms.